The molecule has 2 aromatic rings. The Morgan fingerprint density at radius 2 is 1.83 bits per heavy atom. The number of hydrogen-bond donors (Lipinski definition) is 2. The minimum atomic E-state index is -0.521. The summed E-state index contributed by atoms with van der Waals surface area (Å²) in [6.45, 7) is 0. The van der Waals surface area contributed by atoms with Crippen LogP contribution in [0.4, 0.5) is 11.4 Å². The molecule has 0 aliphatic carbocycles. The molecule has 0 aromatic heterocycles. The van der Waals surface area contributed by atoms with Crippen LogP contribution in [0.5, 0.6) is 0 Å². The third-order valence-corrected chi connectivity index (χ3v) is 2.67. The van der Waals surface area contributed by atoms with Gasteiger partial charge in [-0.05, 0) is 17.5 Å². The highest BCUT2D eigenvalue weighted by atomic mass is 16.6. The second kappa shape index (κ2) is 5.29. The predicted octanol–water partition coefficient (Wildman–Crippen LogP) is 2.99. The van der Waals surface area contributed by atoms with Gasteiger partial charge in [0.1, 0.15) is 5.69 Å². The van der Waals surface area contributed by atoms with Crippen LogP contribution in [0.1, 0.15) is 11.1 Å². The average Bonchev–Trinajstić information content (AvgIpc) is 2.39. The van der Waals surface area contributed by atoms with Crippen molar-refractivity contribution in [1.29, 1.82) is 0 Å². The van der Waals surface area contributed by atoms with Crippen molar-refractivity contribution in [3.63, 3.8) is 0 Å². The van der Waals surface area contributed by atoms with Crippen molar-refractivity contribution >= 4 is 11.4 Å². The second-order valence-electron chi connectivity index (χ2n) is 3.84. The average molecular weight is 244 g/mol. The Kier molecular flexibility index (Phi) is 3.54. The highest BCUT2D eigenvalue weighted by molar-refractivity contribution is 5.65. The molecule has 0 unspecified atom stereocenters. The smallest absolute Gasteiger partial charge is 0.291 e. The van der Waals surface area contributed by atoms with E-state index in [1.165, 1.54) is 6.07 Å². The van der Waals surface area contributed by atoms with E-state index in [1.54, 1.807) is 12.1 Å². The SMILES string of the molecule is O=[N+]([O-])c1cccc(Cc2ccccc2)c1NO. The van der Waals surface area contributed by atoms with E-state index < -0.39 is 4.92 Å². The number of nitro benzene ring substituents is 1. The zero-order valence-corrected chi connectivity index (χ0v) is 9.54. The molecule has 0 aliphatic heterocycles. The minimum Gasteiger partial charge on any atom is -0.291 e. The summed E-state index contributed by atoms with van der Waals surface area (Å²) < 4.78 is 0. The molecule has 5 nitrogen and oxygen atoms in total. The summed E-state index contributed by atoms with van der Waals surface area (Å²) in [5.74, 6) is 0. The zero-order chi connectivity index (χ0) is 13.0. The maximum atomic E-state index is 10.8. The standard InChI is InChI=1S/C13H12N2O3/c16-14-13-11(7-4-8-12(13)15(17)18)9-10-5-2-1-3-6-10/h1-8,14,16H,9H2. The Morgan fingerprint density at radius 1 is 1.11 bits per heavy atom. The summed E-state index contributed by atoms with van der Waals surface area (Å²) in [5, 5.41) is 19.9. The van der Waals surface area contributed by atoms with Crippen LogP contribution in [-0.2, 0) is 6.42 Å². The van der Waals surface area contributed by atoms with Crippen LogP contribution in [0.2, 0.25) is 0 Å². The third-order valence-electron chi connectivity index (χ3n) is 2.67. The topological polar surface area (TPSA) is 75.4 Å². The first kappa shape index (κ1) is 12.1. The third kappa shape index (κ3) is 2.46. The number of nitrogens with zero attached hydrogens (tertiary/aromatic N) is 1. The molecule has 0 radical (unpaired) electrons. The molecule has 0 bridgehead atoms. The van der Waals surface area contributed by atoms with Gasteiger partial charge in [-0.2, -0.15) is 0 Å². The van der Waals surface area contributed by atoms with Gasteiger partial charge in [0.25, 0.3) is 5.69 Å². The van der Waals surface area contributed by atoms with E-state index in [1.807, 2.05) is 35.8 Å². The van der Waals surface area contributed by atoms with E-state index in [9.17, 15) is 10.1 Å². The number of nitro groups is 1. The molecule has 0 fully saturated rings. The lowest BCUT2D eigenvalue weighted by atomic mass is 10.0. The molecule has 0 atom stereocenters. The molecule has 0 heterocycles. The Labute approximate surface area is 104 Å². The predicted molar refractivity (Wildman–Crippen MR) is 67.8 cm³/mol. The maximum Gasteiger partial charge on any atom is 0.294 e. The van der Waals surface area contributed by atoms with Crippen LogP contribution < -0.4 is 5.48 Å². The molecule has 0 amide bonds. The Bertz CT molecular complexity index is 555. The molecule has 5 heteroatoms. The van der Waals surface area contributed by atoms with E-state index in [2.05, 4.69) is 0 Å². The van der Waals surface area contributed by atoms with E-state index in [4.69, 9.17) is 5.21 Å². The lowest BCUT2D eigenvalue weighted by molar-refractivity contribution is -0.384. The minimum absolute atomic E-state index is 0.133. The van der Waals surface area contributed by atoms with E-state index in [0.717, 1.165) is 5.56 Å². The van der Waals surface area contributed by atoms with E-state index in [0.29, 0.717) is 12.0 Å². The zero-order valence-electron chi connectivity index (χ0n) is 9.54. The molecule has 2 aromatic carbocycles. The van der Waals surface area contributed by atoms with Crippen LogP contribution >= 0.6 is 0 Å². The number of para-hydroxylation sites is 1. The fourth-order valence-electron chi connectivity index (χ4n) is 1.83. The Balaban J connectivity index is 2.39. The monoisotopic (exact) mass is 244 g/mol. The Hall–Kier alpha value is -2.40. The number of nitrogens with one attached hydrogen (secondary N) is 1. The molecule has 0 aliphatic rings. The first-order valence-electron chi connectivity index (χ1n) is 5.42. The van der Waals surface area contributed by atoms with Crippen molar-refractivity contribution in [3.05, 3.63) is 69.8 Å². The molecule has 0 saturated heterocycles. The summed E-state index contributed by atoms with van der Waals surface area (Å²) in [5.41, 5.74) is 3.64. The quantitative estimate of drug-likeness (QED) is 0.640. The molecule has 0 saturated carbocycles. The van der Waals surface area contributed by atoms with Crippen molar-refractivity contribution in [2.24, 2.45) is 0 Å². The number of anilines is 1. The molecule has 2 rings (SSSR count). The van der Waals surface area contributed by atoms with Crippen molar-refractivity contribution < 1.29 is 10.1 Å². The number of rotatable bonds is 4. The number of benzene rings is 2. The van der Waals surface area contributed by atoms with Gasteiger partial charge in [-0.25, -0.2) is 0 Å². The van der Waals surface area contributed by atoms with Gasteiger partial charge in [-0.1, -0.05) is 42.5 Å². The van der Waals surface area contributed by atoms with Crippen molar-refractivity contribution in [2.45, 2.75) is 6.42 Å². The van der Waals surface area contributed by atoms with Gasteiger partial charge in [0, 0.05) is 6.07 Å². The van der Waals surface area contributed by atoms with E-state index in [-0.39, 0.29) is 11.4 Å². The molecule has 18 heavy (non-hydrogen) atoms. The molecule has 0 spiro atoms. The summed E-state index contributed by atoms with van der Waals surface area (Å²) in [6.07, 6.45) is 0.519. The summed E-state index contributed by atoms with van der Waals surface area (Å²) >= 11 is 0. The van der Waals surface area contributed by atoms with E-state index >= 15 is 0 Å². The molecular weight excluding hydrogens is 232 g/mol. The van der Waals surface area contributed by atoms with Crippen LogP contribution in [0.3, 0.4) is 0 Å². The van der Waals surface area contributed by atoms with Gasteiger partial charge in [-0.15, -0.1) is 0 Å². The second-order valence-corrected chi connectivity index (χ2v) is 3.84. The van der Waals surface area contributed by atoms with Gasteiger partial charge in [0.15, 0.2) is 0 Å². The summed E-state index contributed by atoms with van der Waals surface area (Å²) in [6, 6.07) is 14.3. The van der Waals surface area contributed by atoms with Gasteiger partial charge in [-0.3, -0.25) is 20.8 Å². The number of hydrogen-bond acceptors (Lipinski definition) is 4. The molecule has 2 N–H and O–H groups in total. The Morgan fingerprint density at radius 3 is 2.44 bits per heavy atom. The highest BCUT2D eigenvalue weighted by Gasteiger charge is 2.16. The van der Waals surface area contributed by atoms with Gasteiger partial charge >= 0.3 is 0 Å². The normalized spacial score (nSPS) is 10.1. The van der Waals surface area contributed by atoms with Crippen LogP contribution in [-0.4, -0.2) is 10.1 Å². The molecular formula is C13H12N2O3. The van der Waals surface area contributed by atoms with Gasteiger partial charge < -0.3 is 0 Å². The van der Waals surface area contributed by atoms with Gasteiger partial charge in [0.05, 0.1) is 4.92 Å². The fourth-order valence-corrected chi connectivity index (χ4v) is 1.83. The lowest BCUT2D eigenvalue weighted by Gasteiger charge is -2.08. The van der Waals surface area contributed by atoms with Crippen molar-refractivity contribution in [2.75, 3.05) is 5.48 Å². The van der Waals surface area contributed by atoms with Crippen LogP contribution in [0.15, 0.2) is 48.5 Å². The highest BCUT2D eigenvalue weighted by Crippen LogP contribution is 2.29. The van der Waals surface area contributed by atoms with Crippen molar-refractivity contribution in [1.82, 2.24) is 0 Å². The summed E-state index contributed by atoms with van der Waals surface area (Å²) in [7, 11) is 0. The van der Waals surface area contributed by atoms with Crippen molar-refractivity contribution in [3.8, 4) is 0 Å². The van der Waals surface area contributed by atoms with Crippen LogP contribution in [0.25, 0.3) is 0 Å². The maximum absolute atomic E-state index is 10.8. The molecule has 92 valence electrons. The van der Waals surface area contributed by atoms with Gasteiger partial charge in [0.2, 0.25) is 0 Å². The van der Waals surface area contributed by atoms with Crippen LogP contribution in [0, 0.1) is 10.1 Å². The fraction of sp³-hybridized carbons (Fsp3) is 0.0769. The lowest BCUT2D eigenvalue weighted by Crippen LogP contribution is -2.02. The summed E-state index contributed by atoms with van der Waals surface area (Å²) in [4.78, 5) is 10.3. The largest absolute Gasteiger partial charge is 0.294 e. The first-order valence-corrected chi connectivity index (χ1v) is 5.42. The first-order chi connectivity index (χ1) is 8.72.